The van der Waals surface area contributed by atoms with Gasteiger partial charge in [-0.15, -0.1) is 0 Å². The number of halogens is 3. The van der Waals surface area contributed by atoms with Crippen molar-refractivity contribution in [1.82, 2.24) is 4.90 Å². The standard InChI is InChI=1S/C22H27F3N2O3/c1-21(2,3)30-20(29)27-10-6-15(7-11-27)18-5-4-16(22(23,24)25)14-19(18)26-12-8-17(28)9-13-26/h4-6,14H,7-13H2,1-3H3. The van der Waals surface area contributed by atoms with Gasteiger partial charge < -0.3 is 14.5 Å². The van der Waals surface area contributed by atoms with Crippen molar-refractivity contribution in [3.8, 4) is 0 Å². The number of carbonyl (C=O) groups excluding carboxylic acids is 2. The molecule has 0 saturated carbocycles. The molecule has 1 aromatic rings. The zero-order chi connectivity index (χ0) is 22.1. The van der Waals surface area contributed by atoms with Crippen LogP contribution in [0.3, 0.4) is 0 Å². The molecule has 164 valence electrons. The molecule has 8 heteroatoms. The van der Waals surface area contributed by atoms with Gasteiger partial charge in [-0.05, 0) is 44.9 Å². The first kappa shape index (κ1) is 22.2. The Morgan fingerprint density at radius 2 is 1.70 bits per heavy atom. The summed E-state index contributed by atoms with van der Waals surface area (Å²) in [5, 5.41) is 0. The third-order valence-corrected chi connectivity index (χ3v) is 5.19. The van der Waals surface area contributed by atoms with Crippen molar-refractivity contribution in [1.29, 1.82) is 0 Å². The van der Waals surface area contributed by atoms with Crippen molar-refractivity contribution in [2.45, 2.75) is 51.8 Å². The highest BCUT2D eigenvalue weighted by Crippen LogP contribution is 2.38. The molecule has 1 saturated heterocycles. The van der Waals surface area contributed by atoms with E-state index in [0.717, 1.165) is 17.2 Å². The van der Waals surface area contributed by atoms with Crippen LogP contribution >= 0.6 is 0 Å². The Kier molecular flexibility index (Phi) is 6.15. The summed E-state index contributed by atoms with van der Waals surface area (Å²) >= 11 is 0. The van der Waals surface area contributed by atoms with E-state index in [1.54, 1.807) is 25.7 Å². The summed E-state index contributed by atoms with van der Waals surface area (Å²) in [6, 6.07) is 3.77. The zero-order valence-corrected chi connectivity index (χ0v) is 17.5. The summed E-state index contributed by atoms with van der Waals surface area (Å²) in [5.74, 6) is 0.129. The molecule has 0 radical (unpaired) electrons. The number of ether oxygens (including phenoxy) is 1. The van der Waals surface area contributed by atoms with E-state index in [2.05, 4.69) is 0 Å². The van der Waals surface area contributed by atoms with Crippen LogP contribution in [0, 0.1) is 0 Å². The van der Waals surface area contributed by atoms with Crippen LogP contribution in [0.15, 0.2) is 24.3 Å². The van der Waals surface area contributed by atoms with E-state index in [1.807, 2.05) is 11.0 Å². The first-order valence-corrected chi connectivity index (χ1v) is 10.1. The summed E-state index contributed by atoms with van der Waals surface area (Å²) in [6.07, 6.45) is -1.78. The smallest absolute Gasteiger partial charge is 0.416 e. The number of carbonyl (C=O) groups is 2. The molecule has 3 rings (SSSR count). The van der Waals surface area contributed by atoms with Crippen LogP contribution in [0.2, 0.25) is 0 Å². The maximum atomic E-state index is 13.3. The van der Waals surface area contributed by atoms with E-state index < -0.39 is 23.4 Å². The van der Waals surface area contributed by atoms with Gasteiger partial charge in [0.15, 0.2) is 0 Å². The van der Waals surface area contributed by atoms with Crippen molar-refractivity contribution in [3.63, 3.8) is 0 Å². The molecule has 2 aliphatic heterocycles. The van der Waals surface area contributed by atoms with Gasteiger partial charge in [0.1, 0.15) is 11.4 Å². The second-order valence-corrected chi connectivity index (χ2v) is 8.66. The van der Waals surface area contributed by atoms with Crippen molar-refractivity contribution < 1.29 is 27.5 Å². The second kappa shape index (κ2) is 8.32. The maximum Gasteiger partial charge on any atom is 0.416 e. The Labute approximate surface area is 174 Å². The van der Waals surface area contributed by atoms with Gasteiger partial charge in [-0.3, -0.25) is 4.79 Å². The molecule has 5 nitrogen and oxygen atoms in total. The fourth-order valence-electron chi connectivity index (χ4n) is 3.64. The number of hydrogen-bond donors (Lipinski definition) is 0. The molecule has 0 aromatic heterocycles. The van der Waals surface area contributed by atoms with Crippen molar-refractivity contribution in [2.24, 2.45) is 0 Å². The van der Waals surface area contributed by atoms with Crippen molar-refractivity contribution >= 4 is 23.1 Å². The molecule has 2 heterocycles. The molecule has 0 bridgehead atoms. The van der Waals surface area contributed by atoms with E-state index in [-0.39, 0.29) is 5.78 Å². The van der Waals surface area contributed by atoms with E-state index in [9.17, 15) is 22.8 Å². The number of benzene rings is 1. The highest BCUT2D eigenvalue weighted by atomic mass is 19.4. The number of alkyl halides is 3. The Balaban J connectivity index is 1.86. The van der Waals surface area contributed by atoms with Crippen molar-refractivity contribution in [3.05, 3.63) is 35.4 Å². The monoisotopic (exact) mass is 424 g/mol. The zero-order valence-electron chi connectivity index (χ0n) is 17.5. The van der Waals surface area contributed by atoms with Crippen molar-refractivity contribution in [2.75, 3.05) is 31.1 Å². The first-order chi connectivity index (χ1) is 13.9. The van der Waals surface area contributed by atoms with Crippen LogP contribution in [0.4, 0.5) is 23.7 Å². The number of anilines is 1. The van der Waals surface area contributed by atoms with Gasteiger partial charge in [-0.2, -0.15) is 13.2 Å². The van der Waals surface area contributed by atoms with Gasteiger partial charge in [0.2, 0.25) is 0 Å². The van der Waals surface area contributed by atoms with Crippen LogP contribution in [-0.2, 0) is 15.7 Å². The molecular weight excluding hydrogens is 397 g/mol. The van der Waals surface area contributed by atoms with E-state index >= 15 is 0 Å². The van der Waals surface area contributed by atoms with Gasteiger partial charge in [0, 0.05) is 50.3 Å². The molecule has 1 fully saturated rings. The average Bonchev–Trinajstić information content (AvgIpc) is 2.66. The highest BCUT2D eigenvalue weighted by Gasteiger charge is 2.33. The lowest BCUT2D eigenvalue weighted by atomic mass is 9.94. The lowest BCUT2D eigenvalue weighted by molar-refractivity contribution is -0.137. The molecule has 0 N–H and O–H groups in total. The quantitative estimate of drug-likeness (QED) is 0.678. The van der Waals surface area contributed by atoms with E-state index in [4.69, 9.17) is 4.74 Å². The molecule has 0 aliphatic carbocycles. The lowest BCUT2D eigenvalue weighted by Gasteiger charge is -2.33. The average molecular weight is 424 g/mol. The largest absolute Gasteiger partial charge is 0.444 e. The Morgan fingerprint density at radius 3 is 2.23 bits per heavy atom. The van der Waals surface area contributed by atoms with Gasteiger partial charge in [0.05, 0.1) is 5.56 Å². The second-order valence-electron chi connectivity index (χ2n) is 8.66. The number of piperidine rings is 1. The number of ketones is 1. The number of Topliss-reactive ketones (excluding diaryl/α,β-unsaturated/α-hetero) is 1. The summed E-state index contributed by atoms with van der Waals surface area (Å²) in [5.41, 5.74) is 0.823. The van der Waals surface area contributed by atoms with E-state index in [1.165, 1.54) is 12.1 Å². The fraction of sp³-hybridized carbons (Fsp3) is 0.545. The van der Waals surface area contributed by atoms with Gasteiger partial charge in [-0.25, -0.2) is 4.79 Å². The Morgan fingerprint density at radius 1 is 1.03 bits per heavy atom. The van der Waals surface area contributed by atoms with Gasteiger partial charge in [-0.1, -0.05) is 12.1 Å². The minimum absolute atomic E-state index is 0.129. The third-order valence-electron chi connectivity index (χ3n) is 5.19. The predicted molar refractivity (Wildman–Crippen MR) is 108 cm³/mol. The molecular formula is C22H27F3N2O3. The number of rotatable bonds is 2. The molecule has 1 amide bonds. The minimum atomic E-state index is -4.44. The predicted octanol–water partition coefficient (Wildman–Crippen LogP) is 4.90. The Bertz CT molecular complexity index is 846. The fourth-order valence-corrected chi connectivity index (χ4v) is 3.64. The Hall–Kier alpha value is -2.51. The first-order valence-electron chi connectivity index (χ1n) is 10.1. The number of hydrogen-bond acceptors (Lipinski definition) is 4. The number of nitrogens with zero attached hydrogens (tertiary/aromatic N) is 2. The molecule has 0 atom stereocenters. The lowest BCUT2D eigenvalue weighted by Crippen LogP contribution is -2.39. The SMILES string of the molecule is CC(C)(C)OC(=O)N1CC=C(c2ccc(C(F)(F)F)cc2N2CCC(=O)CC2)CC1. The molecule has 2 aliphatic rings. The van der Waals surface area contributed by atoms with E-state index in [0.29, 0.717) is 51.1 Å². The summed E-state index contributed by atoms with van der Waals surface area (Å²) < 4.78 is 45.3. The molecule has 1 aromatic carbocycles. The summed E-state index contributed by atoms with van der Waals surface area (Å²) in [4.78, 5) is 27.3. The maximum absolute atomic E-state index is 13.3. The summed E-state index contributed by atoms with van der Waals surface area (Å²) in [7, 11) is 0. The van der Waals surface area contributed by atoms with Crippen LogP contribution in [0.1, 0.15) is 51.2 Å². The van der Waals surface area contributed by atoms with Crippen LogP contribution in [0.25, 0.3) is 5.57 Å². The van der Waals surface area contributed by atoms with Crippen LogP contribution in [0.5, 0.6) is 0 Å². The van der Waals surface area contributed by atoms with Crippen LogP contribution in [-0.4, -0.2) is 48.6 Å². The highest BCUT2D eigenvalue weighted by molar-refractivity contribution is 5.84. The number of amides is 1. The van der Waals surface area contributed by atoms with Crippen LogP contribution < -0.4 is 4.90 Å². The minimum Gasteiger partial charge on any atom is -0.444 e. The molecule has 0 unspecified atom stereocenters. The molecule has 0 spiro atoms. The van der Waals surface area contributed by atoms with Gasteiger partial charge in [0.25, 0.3) is 0 Å². The molecule has 30 heavy (non-hydrogen) atoms. The summed E-state index contributed by atoms with van der Waals surface area (Å²) in [6.45, 7) is 6.98. The topological polar surface area (TPSA) is 49.9 Å². The normalized spacial score (nSPS) is 18.3. The van der Waals surface area contributed by atoms with Gasteiger partial charge >= 0.3 is 12.3 Å². The third kappa shape index (κ3) is 5.34.